The highest BCUT2D eigenvalue weighted by Gasteiger charge is 2.32. The second-order valence-corrected chi connectivity index (χ2v) is 9.00. The summed E-state index contributed by atoms with van der Waals surface area (Å²) in [5.41, 5.74) is 11.3. The fraction of sp³-hybridized carbons (Fsp3) is 0.542. The van der Waals surface area contributed by atoms with Gasteiger partial charge in [-0.25, -0.2) is 4.79 Å². The second-order valence-electron chi connectivity index (χ2n) is 9.00. The van der Waals surface area contributed by atoms with Gasteiger partial charge in [-0.3, -0.25) is 19.2 Å². The molecule has 37 heavy (non-hydrogen) atoms. The molecule has 0 aromatic heterocycles. The summed E-state index contributed by atoms with van der Waals surface area (Å²) in [7, 11) is 0. The van der Waals surface area contributed by atoms with Gasteiger partial charge in [0.2, 0.25) is 23.6 Å². The minimum atomic E-state index is -1.45. The number of carbonyl (C=O) groups excluding carboxylic acids is 4. The van der Waals surface area contributed by atoms with Gasteiger partial charge < -0.3 is 42.9 Å². The topological polar surface area (TPSA) is 226 Å². The normalized spacial score (nSPS) is 17.3. The van der Waals surface area contributed by atoms with E-state index in [9.17, 15) is 34.2 Å². The molecule has 0 radical (unpaired) electrons. The van der Waals surface area contributed by atoms with E-state index in [1.165, 1.54) is 24.3 Å². The zero-order valence-electron chi connectivity index (χ0n) is 20.6. The van der Waals surface area contributed by atoms with E-state index in [2.05, 4.69) is 21.3 Å². The van der Waals surface area contributed by atoms with Crippen molar-refractivity contribution < 1.29 is 34.2 Å². The van der Waals surface area contributed by atoms with Crippen LogP contribution in [0, 0.1) is 0 Å². The molecule has 0 aliphatic carbocycles. The predicted molar refractivity (Wildman–Crippen MR) is 133 cm³/mol. The van der Waals surface area contributed by atoms with Gasteiger partial charge in [0, 0.05) is 6.42 Å². The van der Waals surface area contributed by atoms with E-state index in [-0.39, 0.29) is 24.5 Å². The van der Waals surface area contributed by atoms with Crippen LogP contribution in [0.2, 0.25) is 0 Å². The Morgan fingerprint density at radius 2 is 1.62 bits per heavy atom. The van der Waals surface area contributed by atoms with Gasteiger partial charge in [-0.05, 0) is 62.9 Å². The predicted octanol–water partition coefficient (Wildman–Crippen LogP) is -1.77. The number of carboxylic acids is 1. The molecule has 0 spiro atoms. The van der Waals surface area contributed by atoms with E-state index in [1.807, 2.05) is 0 Å². The first-order valence-electron chi connectivity index (χ1n) is 12.2. The van der Waals surface area contributed by atoms with Crippen molar-refractivity contribution in [2.75, 3.05) is 13.1 Å². The lowest BCUT2D eigenvalue weighted by atomic mass is 10.0. The van der Waals surface area contributed by atoms with Gasteiger partial charge in [0.05, 0.1) is 12.5 Å². The minimum absolute atomic E-state index is 0.000663. The van der Waals surface area contributed by atoms with Crippen molar-refractivity contribution in [3.05, 3.63) is 29.8 Å². The Morgan fingerprint density at radius 3 is 2.19 bits per heavy atom. The first kappa shape index (κ1) is 29.5. The van der Waals surface area contributed by atoms with Crippen LogP contribution in [-0.2, 0) is 30.4 Å². The number of nitrogens with two attached hydrogens (primary N) is 2. The molecule has 4 amide bonds. The van der Waals surface area contributed by atoms with Crippen molar-refractivity contribution in [3.8, 4) is 5.75 Å². The van der Waals surface area contributed by atoms with E-state index >= 15 is 0 Å². The molecule has 13 heteroatoms. The Labute approximate surface area is 214 Å². The number of amides is 4. The average molecular weight is 521 g/mol. The number of unbranched alkanes of at least 4 members (excludes halogenated alkanes) is 1. The molecule has 4 atom stereocenters. The zero-order valence-corrected chi connectivity index (χ0v) is 20.6. The fourth-order valence-electron chi connectivity index (χ4n) is 3.97. The summed E-state index contributed by atoms with van der Waals surface area (Å²) in [5, 5.41) is 29.5. The van der Waals surface area contributed by atoms with Crippen LogP contribution < -0.4 is 32.7 Å². The van der Waals surface area contributed by atoms with Gasteiger partial charge in [0.15, 0.2) is 0 Å². The third-order valence-corrected chi connectivity index (χ3v) is 5.99. The molecular weight excluding hydrogens is 484 g/mol. The van der Waals surface area contributed by atoms with Crippen molar-refractivity contribution in [3.63, 3.8) is 0 Å². The Hall–Kier alpha value is -3.71. The SMILES string of the molecule is NCCCCC(NC(=O)C1CCCN1)C(=O)NC(CC(N)=O)C(=O)NC(Cc1ccc(O)cc1)C(=O)O. The number of rotatable bonds is 15. The summed E-state index contributed by atoms with van der Waals surface area (Å²) in [6.07, 6.45) is 2.19. The molecule has 4 unspecified atom stereocenters. The molecule has 1 heterocycles. The first-order chi connectivity index (χ1) is 17.6. The maximum absolute atomic E-state index is 13.1. The van der Waals surface area contributed by atoms with Gasteiger partial charge in [-0.15, -0.1) is 0 Å². The first-order valence-corrected chi connectivity index (χ1v) is 12.2. The Morgan fingerprint density at radius 1 is 0.973 bits per heavy atom. The smallest absolute Gasteiger partial charge is 0.326 e. The number of benzene rings is 1. The van der Waals surface area contributed by atoms with Crippen LogP contribution in [-0.4, -0.2) is 77.1 Å². The summed E-state index contributed by atoms with van der Waals surface area (Å²) < 4.78 is 0. The van der Waals surface area contributed by atoms with Crippen LogP contribution >= 0.6 is 0 Å². The highest BCUT2D eigenvalue weighted by molar-refractivity contribution is 5.96. The molecule has 10 N–H and O–H groups in total. The van der Waals surface area contributed by atoms with Gasteiger partial charge in [-0.2, -0.15) is 0 Å². The Bertz CT molecular complexity index is 949. The monoisotopic (exact) mass is 520 g/mol. The largest absolute Gasteiger partial charge is 0.508 e. The Kier molecular flexibility index (Phi) is 11.8. The van der Waals surface area contributed by atoms with Gasteiger partial charge in [0.25, 0.3) is 0 Å². The zero-order chi connectivity index (χ0) is 27.4. The maximum atomic E-state index is 13.1. The molecule has 1 saturated heterocycles. The highest BCUT2D eigenvalue weighted by Crippen LogP contribution is 2.12. The number of hydrogen-bond acceptors (Lipinski definition) is 8. The summed E-state index contributed by atoms with van der Waals surface area (Å²) in [5.74, 6) is -4.17. The Balaban J connectivity index is 2.11. The van der Waals surface area contributed by atoms with Crippen molar-refractivity contribution in [2.45, 2.75) is 69.1 Å². The molecular formula is C24H36N6O7. The number of aliphatic carboxylic acids is 1. The molecule has 204 valence electrons. The van der Waals surface area contributed by atoms with Gasteiger partial charge in [0.1, 0.15) is 23.9 Å². The van der Waals surface area contributed by atoms with Crippen LogP contribution in [0.25, 0.3) is 0 Å². The van der Waals surface area contributed by atoms with Crippen LogP contribution in [0.15, 0.2) is 24.3 Å². The van der Waals surface area contributed by atoms with E-state index in [0.717, 1.165) is 6.42 Å². The average Bonchev–Trinajstić information content (AvgIpc) is 3.38. The third-order valence-electron chi connectivity index (χ3n) is 5.99. The maximum Gasteiger partial charge on any atom is 0.326 e. The molecule has 1 aromatic carbocycles. The van der Waals surface area contributed by atoms with Crippen molar-refractivity contribution in [1.29, 1.82) is 0 Å². The van der Waals surface area contributed by atoms with Crippen molar-refractivity contribution >= 4 is 29.6 Å². The summed E-state index contributed by atoms with van der Waals surface area (Å²) in [4.78, 5) is 62.0. The highest BCUT2D eigenvalue weighted by atomic mass is 16.4. The number of phenols is 1. The van der Waals surface area contributed by atoms with Gasteiger partial charge in [-0.1, -0.05) is 12.1 Å². The van der Waals surface area contributed by atoms with Crippen LogP contribution in [0.1, 0.15) is 44.1 Å². The fourth-order valence-corrected chi connectivity index (χ4v) is 3.97. The van der Waals surface area contributed by atoms with Crippen LogP contribution in [0.5, 0.6) is 5.75 Å². The summed E-state index contributed by atoms with van der Waals surface area (Å²) in [6, 6.07) is 1.53. The number of aromatic hydroxyl groups is 1. The number of primary amides is 1. The van der Waals surface area contributed by atoms with Crippen molar-refractivity contribution in [2.24, 2.45) is 11.5 Å². The molecule has 1 aliphatic rings. The number of nitrogens with one attached hydrogen (secondary N) is 4. The molecule has 0 bridgehead atoms. The molecule has 2 rings (SSSR count). The van der Waals surface area contributed by atoms with Gasteiger partial charge >= 0.3 is 5.97 Å². The third kappa shape index (κ3) is 10.1. The summed E-state index contributed by atoms with van der Waals surface area (Å²) >= 11 is 0. The lowest BCUT2D eigenvalue weighted by molar-refractivity contribution is -0.142. The van der Waals surface area contributed by atoms with E-state index < -0.39 is 54.3 Å². The molecule has 1 fully saturated rings. The minimum Gasteiger partial charge on any atom is -0.508 e. The standard InChI is InChI=1S/C24H36N6O7/c25-10-2-1-4-17(28-21(33)16-5-3-11-27-16)22(34)29-18(13-20(26)32)23(35)30-19(24(36)37)12-14-6-8-15(31)9-7-14/h6-9,16-19,27,31H,1-5,10-13,25H2,(H2,26,32)(H,28,33)(H,29,34)(H,30,35)(H,36,37). The van der Waals surface area contributed by atoms with E-state index in [1.54, 1.807) is 0 Å². The number of phenolic OH excluding ortho intramolecular Hbond substituents is 1. The molecule has 13 nitrogen and oxygen atoms in total. The second kappa shape index (κ2) is 14.8. The lowest BCUT2D eigenvalue weighted by Crippen LogP contribution is -2.57. The van der Waals surface area contributed by atoms with E-state index in [4.69, 9.17) is 11.5 Å². The molecule has 1 aromatic rings. The van der Waals surface area contributed by atoms with Crippen LogP contribution in [0.4, 0.5) is 0 Å². The quantitative estimate of drug-likeness (QED) is 0.122. The molecule has 0 saturated carbocycles. The summed E-state index contributed by atoms with van der Waals surface area (Å²) in [6.45, 7) is 1.09. The molecule has 1 aliphatic heterocycles. The number of hydrogen-bond donors (Lipinski definition) is 8. The van der Waals surface area contributed by atoms with Crippen LogP contribution in [0.3, 0.4) is 0 Å². The van der Waals surface area contributed by atoms with E-state index in [0.29, 0.717) is 37.9 Å². The number of carbonyl (C=O) groups is 5. The van der Waals surface area contributed by atoms with Crippen molar-refractivity contribution in [1.82, 2.24) is 21.3 Å². The number of carboxylic acid groups (broad SMARTS) is 1. The lowest BCUT2D eigenvalue weighted by Gasteiger charge is -2.25.